The van der Waals surface area contributed by atoms with E-state index in [1.165, 1.54) is 0 Å². The Morgan fingerprint density at radius 3 is 2.35 bits per heavy atom. The molecule has 224 valence electrons. The summed E-state index contributed by atoms with van der Waals surface area (Å²) < 4.78 is 18.2. The Hall–Kier alpha value is -4.70. The predicted molar refractivity (Wildman–Crippen MR) is 166 cm³/mol. The number of methoxy groups -OCH3 is 3. The first kappa shape index (κ1) is 29.8. The molecule has 0 aliphatic rings. The average Bonchev–Trinajstić information content (AvgIpc) is 3.50. The van der Waals surface area contributed by atoms with Gasteiger partial charge in [0.1, 0.15) is 11.8 Å². The summed E-state index contributed by atoms with van der Waals surface area (Å²) in [5, 5.41) is 13.9. The van der Waals surface area contributed by atoms with Crippen LogP contribution < -0.4 is 19.8 Å². The van der Waals surface area contributed by atoms with E-state index in [4.69, 9.17) is 14.2 Å². The van der Waals surface area contributed by atoms with Gasteiger partial charge in [-0.3, -0.25) is 9.69 Å². The standard InChI is InChI=1S/C33H38N6O4/c1-33(2,3)39-31(35-36-37-39)30(26-19-24-13-14-25(41-4)20-27(24)34-32(26)40)38(21-23-10-8-7-9-11-23)17-16-22-12-15-28(42-5)29(18-22)43-6/h7-15,18-20,30H,16-17,21H2,1-6H3,(H,34,40)/t30-/m1/s1. The Balaban J connectivity index is 1.65. The third-order valence-electron chi connectivity index (χ3n) is 7.48. The summed E-state index contributed by atoms with van der Waals surface area (Å²) in [5.41, 5.74) is 2.80. The monoisotopic (exact) mass is 582 g/mol. The summed E-state index contributed by atoms with van der Waals surface area (Å²) in [4.78, 5) is 19.2. The molecule has 10 heteroatoms. The molecule has 2 aromatic heterocycles. The van der Waals surface area contributed by atoms with Crippen LogP contribution in [0.1, 0.15) is 49.3 Å². The topological polar surface area (TPSA) is 107 Å². The molecule has 2 heterocycles. The minimum Gasteiger partial charge on any atom is -0.497 e. The van der Waals surface area contributed by atoms with Crippen molar-refractivity contribution in [1.29, 1.82) is 0 Å². The van der Waals surface area contributed by atoms with Crippen LogP contribution in [0.5, 0.6) is 17.2 Å². The lowest BCUT2D eigenvalue weighted by Gasteiger charge is -2.33. The number of pyridine rings is 1. The molecule has 3 aromatic carbocycles. The second kappa shape index (κ2) is 12.7. The molecular formula is C33H38N6O4. The van der Waals surface area contributed by atoms with Crippen molar-refractivity contribution < 1.29 is 14.2 Å². The quantitative estimate of drug-likeness (QED) is 0.228. The van der Waals surface area contributed by atoms with Crippen molar-refractivity contribution in [2.24, 2.45) is 0 Å². The second-order valence-corrected chi connectivity index (χ2v) is 11.4. The van der Waals surface area contributed by atoms with Crippen LogP contribution >= 0.6 is 0 Å². The minimum atomic E-state index is -0.551. The fraction of sp³-hybridized carbons (Fsp3) is 0.333. The molecule has 0 spiro atoms. The highest BCUT2D eigenvalue weighted by atomic mass is 16.5. The summed E-state index contributed by atoms with van der Waals surface area (Å²) in [5.74, 6) is 2.61. The smallest absolute Gasteiger partial charge is 0.253 e. The van der Waals surface area contributed by atoms with Crippen LogP contribution in [0.2, 0.25) is 0 Å². The van der Waals surface area contributed by atoms with Crippen molar-refractivity contribution in [2.45, 2.75) is 45.3 Å². The van der Waals surface area contributed by atoms with Crippen LogP contribution in [0, 0.1) is 0 Å². The zero-order chi connectivity index (χ0) is 30.6. The maximum Gasteiger partial charge on any atom is 0.253 e. The number of tetrazole rings is 1. The fourth-order valence-electron chi connectivity index (χ4n) is 5.29. The largest absolute Gasteiger partial charge is 0.497 e. The molecule has 5 rings (SSSR count). The van der Waals surface area contributed by atoms with Crippen molar-refractivity contribution in [1.82, 2.24) is 30.1 Å². The van der Waals surface area contributed by atoms with Crippen molar-refractivity contribution in [3.05, 3.63) is 106 Å². The van der Waals surface area contributed by atoms with Gasteiger partial charge in [-0.1, -0.05) is 36.4 Å². The van der Waals surface area contributed by atoms with E-state index in [0.717, 1.165) is 16.5 Å². The molecule has 0 fully saturated rings. The van der Waals surface area contributed by atoms with Gasteiger partial charge in [0, 0.05) is 24.7 Å². The van der Waals surface area contributed by atoms with E-state index >= 15 is 0 Å². The molecule has 0 bridgehead atoms. The van der Waals surface area contributed by atoms with E-state index in [1.54, 1.807) is 21.3 Å². The molecule has 0 aliphatic carbocycles. The predicted octanol–water partition coefficient (Wildman–Crippen LogP) is 5.13. The number of aromatic nitrogens is 5. The van der Waals surface area contributed by atoms with E-state index in [-0.39, 0.29) is 5.56 Å². The number of benzene rings is 3. The molecular weight excluding hydrogens is 544 g/mol. The number of ether oxygens (including phenoxy) is 3. The first-order valence-corrected chi connectivity index (χ1v) is 14.2. The van der Waals surface area contributed by atoms with Gasteiger partial charge in [0.15, 0.2) is 17.3 Å². The lowest BCUT2D eigenvalue weighted by Crippen LogP contribution is -2.38. The number of fused-ring (bicyclic) bond motifs is 1. The lowest BCUT2D eigenvalue weighted by atomic mass is 10.00. The molecule has 0 aliphatic heterocycles. The highest BCUT2D eigenvalue weighted by Gasteiger charge is 2.33. The van der Waals surface area contributed by atoms with Gasteiger partial charge in [0.2, 0.25) is 0 Å². The van der Waals surface area contributed by atoms with E-state index in [1.807, 2.05) is 86.1 Å². The Bertz CT molecular complexity index is 1740. The van der Waals surface area contributed by atoms with Crippen molar-refractivity contribution in [3.8, 4) is 17.2 Å². The molecule has 0 amide bonds. The molecule has 0 radical (unpaired) electrons. The number of rotatable bonds is 11. The zero-order valence-corrected chi connectivity index (χ0v) is 25.5. The molecule has 0 unspecified atom stereocenters. The van der Waals surface area contributed by atoms with E-state index in [0.29, 0.717) is 53.7 Å². The number of nitrogens with zero attached hydrogens (tertiary/aromatic N) is 5. The van der Waals surface area contributed by atoms with Gasteiger partial charge in [-0.25, -0.2) is 4.68 Å². The molecule has 10 nitrogen and oxygen atoms in total. The minimum absolute atomic E-state index is 0.210. The van der Waals surface area contributed by atoms with Gasteiger partial charge in [0.05, 0.1) is 32.4 Å². The molecule has 43 heavy (non-hydrogen) atoms. The lowest BCUT2D eigenvalue weighted by molar-refractivity contribution is 0.195. The number of nitrogens with one attached hydrogen (secondary N) is 1. The van der Waals surface area contributed by atoms with E-state index in [9.17, 15) is 4.79 Å². The Morgan fingerprint density at radius 1 is 0.884 bits per heavy atom. The summed E-state index contributed by atoms with van der Waals surface area (Å²) in [6, 6.07) is 23.2. The van der Waals surface area contributed by atoms with Crippen LogP contribution in [0.15, 0.2) is 77.6 Å². The first-order chi connectivity index (χ1) is 20.7. The second-order valence-electron chi connectivity index (χ2n) is 11.4. The molecule has 1 N–H and O–H groups in total. The molecule has 0 saturated carbocycles. The van der Waals surface area contributed by atoms with Crippen molar-refractivity contribution >= 4 is 10.9 Å². The van der Waals surface area contributed by atoms with Gasteiger partial charge in [-0.15, -0.1) is 5.10 Å². The third-order valence-corrected chi connectivity index (χ3v) is 7.48. The Kier molecular flexibility index (Phi) is 8.77. The normalized spacial score (nSPS) is 12.4. The van der Waals surface area contributed by atoms with Gasteiger partial charge < -0.3 is 19.2 Å². The summed E-state index contributed by atoms with van der Waals surface area (Å²) in [7, 11) is 4.86. The first-order valence-electron chi connectivity index (χ1n) is 14.2. The number of hydrogen-bond acceptors (Lipinski definition) is 8. The Morgan fingerprint density at radius 2 is 1.65 bits per heavy atom. The van der Waals surface area contributed by atoms with Crippen LogP contribution in [0.25, 0.3) is 10.9 Å². The number of H-pyrrole nitrogens is 1. The van der Waals surface area contributed by atoms with Gasteiger partial charge in [-0.2, -0.15) is 0 Å². The molecule has 1 atom stereocenters. The van der Waals surface area contributed by atoms with Crippen LogP contribution in [-0.4, -0.2) is 58.0 Å². The van der Waals surface area contributed by atoms with Crippen LogP contribution in [-0.2, 0) is 18.5 Å². The van der Waals surface area contributed by atoms with Gasteiger partial charge in [-0.05, 0) is 84.5 Å². The average molecular weight is 583 g/mol. The summed E-state index contributed by atoms with van der Waals surface area (Å²) >= 11 is 0. The van der Waals surface area contributed by atoms with Gasteiger partial charge in [0.25, 0.3) is 5.56 Å². The SMILES string of the molecule is COc1ccc2cc([C@H](c3nnnn3C(C)(C)C)N(CCc3ccc(OC)c(OC)c3)Cc3ccccc3)c(=O)[nH]c2c1. The van der Waals surface area contributed by atoms with Crippen LogP contribution in [0.4, 0.5) is 0 Å². The number of aromatic amines is 1. The van der Waals surface area contributed by atoms with Crippen molar-refractivity contribution in [2.75, 3.05) is 27.9 Å². The third kappa shape index (κ3) is 6.54. The fourth-order valence-corrected chi connectivity index (χ4v) is 5.29. The van der Waals surface area contributed by atoms with E-state index < -0.39 is 11.6 Å². The molecule has 5 aromatic rings. The maximum atomic E-state index is 13.9. The summed E-state index contributed by atoms with van der Waals surface area (Å²) in [6.07, 6.45) is 0.684. The Labute approximate surface area is 251 Å². The maximum absolute atomic E-state index is 13.9. The van der Waals surface area contributed by atoms with E-state index in [2.05, 4.69) is 37.5 Å². The summed E-state index contributed by atoms with van der Waals surface area (Å²) in [6.45, 7) is 7.31. The molecule has 0 saturated heterocycles. The zero-order valence-electron chi connectivity index (χ0n) is 25.5. The highest BCUT2D eigenvalue weighted by molar-refractivity contribution is 5.80. The highest BCUT2D eigenvalue weighted by Crippen LogP contribution is 2.32. The van der Waals surface area contributed by atoms with Gasteiger partial charge >= 0.3 is 0 Å². The van der Waals surface area contributed by atoms with Crippen LogP contribution in [0.3, 0.4) is 0 Å². The number of hydrogen-bond donors (Lipinski definition) is 1. The van der Waals surface area contributed by atoms with Crippen molar-refractivity contribution in [3.63, 3.8) is 0 Å².